The smallest absolute Gasteiger partial charge is 0.255 e. The van der Waals surface area contributed by atoms with Crippen molar-refractivity contribution in [1.82, 2.24) is 15.2 Å². The number of pyridine rings is 1. The highest BCUT2D eigenvalue weighted by Gasteiger charge is 2.26. The van der Waals surface area contributed by atoms with Crippen LogP contribution < -0.4 is 16.0 Å². The highest BCUT2D eigenvalue weighted by Crippen LogP contribution is 2.24. The van der Waals surface area contributed by atoms with Gasteiger partial charge < -0.3 is 20.9 Å². The molecule has 0 aliphatic carbocycles. The molecule has 1 aromatic carbocycles. The van der Waals surface area contributed by atoms with Gasteiger partial charge in [0.15, 0.2) is 0 Å². The number of rotatable bonds is 2. The van der Waals surface area contributed by atoms with Crippen molar-refractivity contribution in [3.8, 4) is 0 Å². The number of amides is 2. The molecule has 4 rings (SSSR count). The molecule has 0 spiro atoms. The van der Waals surface area contributed by atoms with Gasteiger partial charge in [-0.05, 0) is 11.6 Å². The van der Waals surface area contributed by atoms with Gasteiger partial charge >= 0.3 is 0 Å². The average Bonchev–Trinajstić information content (AvgIpc) is 2.67. The van der Waals surface area contributed by atoms with Gasteiger partial charge in [-0.3, -0.25) is 9.59 Å². The molecule has 1 fully saturated rings. The minimum absolute atomic E-state index is 0.0717. The highest BCUT2D eigenvalue weighted by atomic mass is 16.2. The molecule has 1 unspecified atom stereocenters. The van der Waals surface area contributed by atoms with Crippen LogP contribution in [0.3, 0.4) is 0 Å². The monoisotopic (exact) mass is 337 g/mol. The highest BCUT2D eigenvalue weighted by molar-refractivity contribution is 6.02. The minimum Gasteiger partial charge on any atom is -0.359 e. The zero-order valence-electron chi connectivity index (χ0n) is 13.7. The van der Waals surface area contributed by atoms with E-state index in [0.29, 0.717) is 30.2 Å². The number of carbonyl (C=O) groups is 2. The standard InChI is InChI=1S/C18H19N5O2/c24-16-10-21-17-14(22-16)8-13(9-20-17)18(25)23-7-6-19-15(11-23)12-4-2-1-3-5-12/h1-5,8-9,15,19H,6-7,10-11H2,(H,20,21)(H,22,24). The fourth-order valence-electron chi connectivity index (χ4n) is 3.20. The average molecular weight is 337 g/mol. The Labute approximate surface area is 145 Å². The van der Waals surface area contributed by atoms with Gasteiger partial charge in [0.1, 0.15) is 5.82 Å². The predicted octanol–water partition coefficient (Wildman–Crippen LogP) is 1.23. The first kappa shape index (κ1) is 15.6. The summed E-state index contributed by atoms with van der Waals surface area (Å²) in [5.41, 5.74) is 2.20. The molecule has 1 atom stereocenters. The number of carbonyl (C=O) groups excluding carboxylic acids is 2. The van der Waals surface area contributed by atoms with Gasteiger partial charge in [0.25, 0.3) is 5.91 Å². The van der Waals surface area contributed by atoms with Crippen molar-refractivity contribution in [2.24, 2.45) is 0 Å². The Morgan fingerprint density at radius 2 is 2.08 bits per heavy atom. The molecule has 7 nitrogen and oxygen atoms in total. The Hall–Kier alpha value is -2.93. The first-order valence-electron chi connectivity index (χ1n) is 8.32. The fraction of sp³-hybridized carbons (Fsp3) is 0.278. The van der Waals surface area contributed by atoms with Crippen molar-refractivity contribution < 1.29 is 9.59 Å². The zero-order chi connectivity index (χ0) is 17.2. The van der Waals surface area contributed by atoms with Crippen molar-refractivity contribution >= 4 is 23.3 Å². The molecule has 1 aromatic heterocycles. The number of anilines is 2. The third-order valence-electron chi connectivity index (χ3n) is 4.49. The Kier molecular flexibility index (Phi) is 4.07. The van der Waals surface area contributed by atoms with Crippen molar-refractivity contribution in [1.29, 1.82) is 0 Å². The zero-order valence-corrected chi connectivity index (χ0v) is 13.7. The van der Waals surface area contributed by atoms with E-state index in [2.05, 4.69) is 33.1 Å². The minimum atomic E-state index is -0.134. The maximum absolute atomic E-state index is 12.9. The van der Waals surface area contributed by atoms with Crippen LogP contribution in [0.15, 0.2) is 42.6 Å². The van der Waals surface area contributed by atoms with E-state index in [1.807, 2.05) is 23.1 Å². The van der Waals surface area contributed by atoms with Crippen LogP contribution in [0, 0.1) is 0 Å². The van der Waals surface area contributed by atoms with Crippen molar-refractivity contribution in [2.75, 3.05) is 36.8 Å². The van der Waals surface area contributed by atoms with Gasteiger partial charge in [0, 0.05) is 31.9 Å². The Morgan fingerprint density at radius 3 is 2.92 bits per heavy atom. The number of hydrogen-bond donors (Lipinski definition) is 3. The molecule has 0 radical (unpaired) electrons. The summed E-state index contributed by atoms with van der Waals surface area (Å²) in [6, 6.07) is 11.9. The van der Waals surface area contributed by atoms with Crippen LogP contribution in [0.5, 0.6) is 0 Å². The summed E-state index contributed by atoms with van der Waals surface area (Å²) in [6.07, 6.45) is 1.56. The molecule has 3 N–H and O–H groups in total. The van der Waals surface area contributed by atoms with Gasteiger partial charge in [-0.25, -0.2) is 4.98 Å². The molecule has 128 valence electrons. The van der Waals surface area contributed by atoms with Gasteiger partial charge in [-0.15, -0.1) is 0 Å². The lowest BCUT2D eigenvalue weighted by atomic mass is 10.0. The molecule has 2 aliphatic heterocycles. The summed E-state index contributed by atoms with van der Waals surface area (Å²) in [7, 11) is 0. The molecular formula is C18H19N5O2. The van der Waals surface area contributed by atoms with Gasteiger partial charge in [-0.1, -0.05) is 30.3 Å². The van der Waals surface area contributed by atoms with E-state index in [4.69, 9.17) is 0 Å². The van der Waals surface area contributed by atoms with E-state index in [1.54, 1.807) is 12.3 Å². The second-order valence-electron chi connectivity index (χ2n) is 6.19. The normalized spacial score (nSPS) is 19.6. The molecule has 25 heavy (non-hydrogen) atoms. The summed E-state index contributed by atoms with van der Waals surface area (Å²) in [5.74, 6) is 0.390. The molecule has 0 bridgehead atoms. The third-order valence-corrected chi connectivity index (χ3v) is 4.49. The lowest BCUT2D eigenvalue weighted by Gasteiger charge is -2.34. The molecule has 0 saturated carbocycles. The Balaban J connectivity index is 1.52. The molecule has 1 saturated heterocycles. The quantitative estimate of drug-likeness (QED) is 0.767. The third kappa shape index (κ3) is 3.18. The van der Waals surface area contributed by atoms with Gasteiger partial charge in [0.05, 0.1) is 17.8 Å². The number of nitrogens with zero attached hydrogens (tertiary/aromatic N) is 2. The van der Waals surface area contributed by atoms with Crippen LogP contribution >= 0.6 is 0 Å². The van der Waals surface area contributed by atoms with E-state index >= 15 is 0 Å². The first-order valence-corrected chi connectivity index (χ1v) is 8.32. The summed E-state index contributed by atoms with van der Waals surface area (Å²) in [5, 5.41) is 9.13. The van der Waals surface area contributed by atoms with E-state index in [9.17, 15) is 9.59 Å². The van der Waals surface area contributed by atoms with Gasteiger partial charge in [0.2, 0.25) is 5.91 Å². The van der Waals surface area contributed by atoms with E-state index in [-0.39, 0.29) is 24.4 Å². The summed E-state index contributed by atoms with van der Waals surface area (Å²) >= 11 is 0. The topological polar surface area (TPSA) is 86.4 Å². The number of aromatic nitrogens is 1. The first-order chi connectivity index (χ1) is 12.2. The summed E-state index contributed by atoms with van der Waals surface area (Å²) in [6.45, 7) is 2.18. The van der Waals surface area contributed by atoms with E-state index in [1.165, 1.54) is 5.56 Å². The van der Waals surface area contributed by atoms with Crippen LogP contribution in [-0.2, 0) is 4.79 Å². The molecule has 2 aromatic rings. The Bertz CT molecular complexity index is 808. The van der Waals surface area contributed by atoms with E-state index in [0.717, 1.165) is 6.54 Å². The number of piperazine rings is 1. The number of benzene rings is 1. The molecular weight excluding hydrogens is 318 g/mol. The number of nitrogens with one attached hydrogen (secondary N) is 3. The molecule has 7 heteroatoms. The molecule has 2 amide bonds. The van der Waals surface area contributed by atoms with Crippen LogP contribution in [-0.4, -0.2) is 47.9 Å². The second-order valence-corrected chi connectivity index (χ2v) is 6.19. The van der Waals surface area contributed by atoms with Crippen molar-refractivity contribution in [3.05, 3.63) is 53.7 Å². The van der Waals surface area contributed by atoms with Crippen LogP contribution in [0.4, 0.5) is 11.5 Å². The number of fused-ring (bicyclic) bond motifs is 1. The number of hydrogen-bond acceptors (Lipinski definition) is 5. The summed E-state index contributed by atoms with van der Waals surface area (Å²) in [4.78, 5) is 30.5. The second kappa shape index (κ2) is 6.52. The van der Waals surface area contributed by atoms with Crippen LogP contribution in [0.1, 0.15) is 22.0 Å². The molecule has 3 heterocycles. The van der Waals surface area contributed by atoms with Gasteiger partial charge in [-0.2, -0.15) is 0 Å². The summed E-state index contributed by atoms with van der Waals surface area (Å²) < 4.78 is 0. The van der Waals surface area contributed by atoms with E-state index < -0.39 is 0 Å². The predicted molar refractivity (Wildman–Crippen MR) is 94.4 cm³/mol. The van der Waals surface area contributed by atoms with Crippen LogP contribution in [0.25, 0.3) is 0 Å². The van der Waals surface area contributed by atoms with Crippen molar-refractivity contribution in [3.63, 3.8) is 0 Å². The Morgan fingerprint density at radius 1 is 1.24 bits per heavy atom. The van der Waals surface area contributed by atoms with Crippen LogP contribution in [0.2, 0.25) is 0 Å². The lowest BCUT2D eigenvalue weighted by molar-refractivity contribution is -0.114. The fourth-order valence-corrected chi connectivity index (χ4v) is 3.20. The maximum Gasteiger partial charge on any atom is 0.255 e. The molecule has 2 aliphatic rings. The maximum atomic E-state index is 12.9. The largest absolute Gasteiger partial charge is 0.359 e. The SMILES string of the molecule is O=C1CNc2ncc(C(=O)N3CCNC(c4ccccc4)C3)cc2N1. The van der Waals surface area contributed by atoms with Crippen molar-refractivity contribution in [2.45, 2.75) is 6.04 Å². The lowest BCUT2D eigenvalue weighted by Crippen LogP contribution is -2.48.